The monoisotopic (exact) mass is 735 g/mol. The van der Waals surface area contributed by atoms with Crippen LogP contribution >= 0.6 is 0 Å². The Morgan fingerprint density at radius 1 is 0.276 bits per heavy atom. The Morgan fingerprint density at radius 2 is 0.655 bits per heavy atom. The molecule has 0 atom stereocenters. The van der Waals surface area contributed by atoms with Crippen LogP contribution < -0.4 is 4.90 Å². The van der Waals surface area contributed by atoms with Gasteiger partial charge in [-0.3, -0.25) is 0 Å². The molecular weight excluding hydrogens is 699 g/mol. The summed E-state index contributed by atoms with van der Waals surface area (Å²) in [7, 11) is 0. The molecule has 0 aliphatic heterocycles. The van der Waals surface area contributed by atoms with E-state index >= 15 is 0 Å². The van der Waals surface area contributed by atoms with Crippen molar-refractivity contribution >= 4 is 38.6 Å². The summed E-state index contributed by atoms with van der Waals surface area (Å²) in [4.78, 5) is 2.47. The van der Waals surface area contributed by atoms with Crippen LogP contribution in [0.1, 0.15) is 22.3 Å². The van der Waals surface area contributed by atoms with Crippen LogP contribution in [0.2, 0.25) is 0 Å². The summed E-state index contributed by atoms with van der Waals surface area (Å²) in [5.74, 6) is 0. The third kappa shape index (κ3) is 4.65. The van der Waals surface area contributed by atoms with Gasteiger partial charge in [0.15, 0.2) is 0 Å². The lowest BCUT2D eigenvalue weighted by atomic mass is 9.70. The predicted molar refractivity (Wildman–Crippen MR) is 243 cm³/mol. The van der Waals surface area contributed by atoms with E-state index in [1.807, 2.05) is 0 Å². The van der Waals surface area contributed by atoms with Crippen LogP contribution in [0.4, 0.5) is 17.1 Å². The van der Waals surface area contributed by atoms with Gasteiger partial charge in [0, 0.05) is 16.9 Å². The Bertz CT molecular complexity index is 3050. The van der Waals surface area contributed by atoms with Crippen LogP contribution in [0.3, 0.4) is 0 Å². The zero-order valence-corrected chi connectivity index (χ0v) is 31.8. The maximum absolute atomic E-state index is 2.47. The van der Waals surface area contributed by atoms with Crippen LogP contribution in [0.25, 0.3) is 66.1 Å². The van der Waals surface area contributed by atoms with Gasteiger partial charge in [0.1, 0.15) is 0 Å². The van der Waals surface area contributed by atoms with Crippen LogP contribution in [0.15, 0.2) is 224 Å². The molecule has 12 rings (SSSR count). The van der Waals surface area contributed by atoms with Crippen molar-refractivity contribution in [2.75, 3.05) is 4.90 Å². The summed E-state index contributed by atoms with van der Waals surface area (Å²) < 4.78 is 0. The summed E-state index contributed by atoms with van der Waals surface area (Å²) in [5, 5.41) is 5.02. The third-order valence-corrected chi connectivity index (χ3v) is 12.7. The highest BCUT2D eigenvalue weighted by atomic mass is 15.1. The van der Waals surface area contributed by atoms with E-state index in [0.717, 1.165) is 11.4 Å². The van der Waals surface area contributed by atoms with E-state index in [1.54, 1.807) is 0 Å². The van der Waals surface area contributed by atoms with Crippen LogP contribution in [0, 0.1) is 0 Å². The second-order valence-corrected chi connectivity index (χ2v) is 15.6. The van der Waals surface area contributed by atoms with E-state index in [0.29, 0.717) is 0 Å². The number of rotatable bonds is 5. The van der Waals surface area contributed by atoms with Gasteiger partial charge in [-0.15, -0.1) is 0 Å². The summed E-state index contributed by atoms with van der Waals surface area (Å²) in [5.41, 5.74) is 18.4. The molecule has 0 aromatic heterocycles. The topological polar surface area (TPSA) is 3.24 Å². The Hall–Kier alpha value is -7.48. The normalized spacial score (nSPS) is 13.0. The minimum atomic E-state index is -0.419. The molecule has 0 heterocycles. The fourth-order valence-corrected chi connectivity index (χ4v) is 10.3. The van der Waals surface area contributed by atoms with E-state index in [-0.39, 0.29) is 0 Å². The fourth-order valence-electron chi connectivity index (χ4n) is 10.3. The van der Waals surface area contributed by atoms with Gasteiger partial charge in [-0.2, -0.15) is 0 Å². The molecule has 2 aliphatic carbocycles. The molecule has 1 nitrogen and oxygen atoms in total. The van der Waals surface area contributed by atoms with Gasteiger partial charge >= 0.3 is 0 Å². The predicted octanol–water partition coefficient (Wildman–Crippen LogP) is 15.1. The first-order chi connectivity index (χ1) is 28.8. The number of fused-ring (bicyclic) bond motifs is 12. The third-order valence-electron chi connectivity index (χ3n) is 12.7. The molecule has 10 aromatic carbocycles. The zero-order valence-electron chi connectivity index (χ0n) is 31.8. The maximum Gasteiger partial charge on any atom is 0.0726 e. The van der Waals surface area contributed by atoms with Crippen LogP contribution in [0.5, 0.6) is 0 Å². The lowest BCUT2D eigenvalue weighted by molar-refractivity contribution is 0.794. The molecule has 2 aliphatic rings. The van der Waals surface area contributed by atoms with Crippen LogP contribution in [-0.2, 0) is 5.41 Å². The molecule has 270 valence electrons. The van der Waals surface area contributed by atoms with Crippen molar-refractivity contribution in [3.8, 4) is 44.5 Å². The largest absolute Gasteiger partial charge is 0.310 e. The quantitative estimate of drug-likeness (QED) is 0.170. The standard InChI is InChI=1S/C57H37N/c1-3-18-44-38(14-1)16-11-23-46(44)40-30-34-42(35-31-40)58(43-36-32-41(33-37-43)47-24-12-17-39-15-2-4-19-45(39)47)55-29-13-28-54-56(55)50-22-7-10-27-53(50)57(54)51-25-8-5-20-48(51)49-21-6-9-26-52(49)57/h1-37H. The van der Waals surface area contributed by atoms with Crippen molar-refractivity contribution in [3.05, 3.63) is 247 Å². The van der Waals surface area contributed by atoms with Gasteiger partial charge < -0.3 is 4.90 Å². The average Bonchev–Trinajstić information content (AvgIpc) is 3.77. The Labute approximate surface area is 338 Å². The number of anilines is 3. The van der Waals surface area contributed by atoms with Crippen molar-refractivity contribution in [1.82, 2.24) is 0 Å². The molecule has 0 amide bonds. The molecule has 1 spiro atoms. The minimum absolute atomic E-state index is 0.419. The second kappa shape index (κ2) is 12.8. The number of benzene rings is 10. The highest BCUT2D eigenvalue weighted by Crippen LogP contribution is 2.64. The summed E-state index contributed by atoms with van der Waals surface area (Å²) in [6, 6.07) is 83.0. The van der Waals surface area contributed by atoms with Crippen molar-refractivity contribution in [1.29, 1.82) is 0 Å². The highest BCUT2D eigenvalue weighted by molar-refractivity contribution is 6.02. The first-order valence-electron chi connectivity index (χ1n) is 20.2. The van der Waals surface area contributed by atoms with E-state index < -0.39 is 5.41 Å². The average molecular weight is 736 g/mol. The minimum Gasteiger partial charge on any atom is -0.310 e. The second-order valence-electron chi connectivity index (χ2n) is 15.6. The van der Waals surface area contributed by atoms with Gasteiger partial charge in [0.05, 0.1) is 11.1 Å². The molecule has 10 aromatic rings. The Balaban J connectivity index is 1.08. The SMILES string of the molecule is c1ccc2c(c1)-c1ccccc1C21c2ccccc2-c2c(N(c3ccc(-c4cccc5ccccc45)cc3)c3ccc(-c4cccc5ccccc45)cc3)cccc21. The van der Waals surface area contributed by atoms with E-state index in [9.17, 15) is 0 Å². The lowest BCUT2D eigenvalue weighted by Crippen LogP contribution is -2.26. The zero-order chi connectivity index (χ0) is 38.2. The summed E-state index contributed by atoms with van der Waals surface area (Å²) in [6.07, 6.45) is 0. The highest BCUT2D eigenvalue weighted by Gasteiger charge is 2.52. The number of hydrogen-bond acceptors (Lipinski definition) is 1. The van der Waals surface area contributed by atoms with E-state index in [2.05, 4.69) is 229 Å². The number of hydrogen-bond donors (Lipinski definition) is 0. The van der Waals surface area contributed by atoms with Gasteiger partial charge in [0.25, 0.3) is 0 Å². The molecule has 0 unspecified atom stereocenters. The molecule has 58 heavy (non-hydrogen) atoms. The molecule has 0 saturated carbocycles. The van der Waals surface area contributed by atoms with Gasteiger partial charge in [-0.1, -0.05) is 194 Å². The van der Waals surface area contributed by atoms with Crippen molar-refractivity contribution < 1.29 is 0 Å². The Kier molecular flexibility index (Phi) is 7.21. The number of nitrogens with zero attached hydrogens (tertiary/aromatic N) is 1. The molecule has 0 N–H and O–H groups in total. The van der Waals surface area contributed by atoms with Gasteiger partial charge in [-0.25, -0.2) is 0 Å². The smallest absolute Gasteiger partial charge is 0.0726 e. The van der Waals surface area contributed by atoms with Crippen molar-refractivity contribution in [2.45, 2.75) is 5.41 Å². The van der Waals surface area contributed by atoms with Crippen LogP contribution in [-0.4, -0.2) is 0 Å². The van der Waals surface area contributed by atoms with E-state index in [1.165, 1.54) is 94.0 Å². The van der Waals surface area contributed by atoms with Gasteiger partial charge in [-0.05, 0) is 113 Å². The van der Waals surface area contributed by atoms with Gasteiger partial charge in [0.2, 0.25) is 0 Å². The molecule has 0 radical (unpaired) electrons. The van der Waals surface area contributed by atoms with Crippen molar-refractivity contribution in [2.24, 2.45) is 0 Å². The first kappa shape index (κ1) is 32.7. The molecule has 0 fully saturated rings. The molecule has 1 heteroatoms. The Morgan fingerprint density at radius 3 is 1.19 bits per heavy atom. The van der Waals surface area contributed by atoms with Crippen molar-refractivity contribution in [3.63, 3.8) is 0 Å². The fraction of sp³-hybridized carbons (Fsp3) is 0.0175. The lowest BCUT2D eigenvalue weighted by Gasteiger charge is -2.32. The molecule has 0 bridgehead atoms. The molecule has 0 saturated heterocycles. The summed E-state index contributed by atoms with van der Waals surface area (Å²) >= 11 is 0. The summed E-state index contributed by atoms with van der Waals surface area (Å²) in [6.45, 7) is 0. The first-order valence-corrected chi connectivity index (χ1v) is 20.2. The maximum atomic E-state index is 2.47. The molecular formula is C57H37N. The van der Waals surface area contributed by atoms with E-state index in [4.69, 9.17) is 0 Å².